The molecule has 0 aromatic rings. The summed E-state index contributed by atoms with van der Waals surface area (Å²) in [4.78, 5) is 21.7. The van der Waals surface area contributed by atoms with Gasteiger partial charge >= 0.3 is 7.41 Å². The summed E-state index contributed by atoms with van der Waals surface area (Å²) in [7, 11) is -0.123. The van der Waals surface area contributed by atoms with Gasteiger partial charge in [0.1, 0.15) is 6.04 Å². The third-order valence-corrected chi connectivity index (χ3v) is 1.57. The van der Waals surface area contributed by atoms with Crippen LogP contribution in [0.25, 0.3) is 0 Å². The van der Waals surface area contributed by atoms with E-state index in [1.165, 1.54) is 0 Å². The van der Waals surface area contributed by atoms with Crippen LogP contribution in [0.15, 0.2) is 0 Å². The summed E-state index contributed by atoms with van der Waals surface area (Å²) in [6.45, 7) is 3.90. The van der Waals surface area contributed by atoms with Crippen molar-refractivity contribution < 1.29 is 9.59 Å². The zero-order valence-electron chi connectivity index (χ0n) is 8.04. The van der Waals surface area contributed by atoms with E-state index in [0.29, 0.717) is 12.3 Å². The SMILES string of the molecule is CC(C)C[C@H](NC(=O)BN)C(N)=O. The molecule has 0 aromatic heterocycles. The first-order valence-electron chi connectivity index (χ1n) is 4.26. The Labute approximate surface area is 78.5 Å². The molecule has 0 heterocycles. The molecule has 0 aliphatic rings. The van der Waals surface area contributed by atoms with Crippen LogP contribution in [0, 0.1) is 5.92 Å². The van der Waals surface area contributed by atoms with Gasteiger partial charge in [0.05, 0.1) is 0 Å². The monoisotopic (exact) mass is 185 g/mol. The zero-order valence-corrected chi connectivity index (χ0v) is 8.04. The molecule has 0 unspecified atom stereocenters. The maximum absolute atomic E-state index is 10.9. The molecular formula is C7H16BN3O2. The van der Waals surface area contributed by atoms with Crippen LogP contribution in [-0.2, 0) is 4.79 Å². The molecule has 2 amide bonds. The van der Waals surface area contributed by atoms with E-state index in [2.05, 4.69) is 5.32 Å². The highest BCUT2D eigenvalue weighted by atomic mass is 16.2. The predicted molar refractivity (Wildman–Crippen MR) is 52.3 cm³/mol. The minimum Gasteiger partial charge on any atom is -0.368 e. The lowest BCUT2D eigenvalue weighted by molar-refractivity contribution is -0.120. The molecule has 0 rings (SSSR count). The van der Waals surface area contributed by atoms with Crippen molar-refractivity contribution in [1.29, 1.82) is 0 Å². The predicted octanol–water partition coefficient (Wildman–Crippen LogP) is -1.09. The van der Waals surface area contributed by atoms with Crippen molar-refractivity contribution in [3.8, 4) is 0 Å². The molecule has 0 radical (unpaired) electrons. The fourth-order valence-electron chi connectivity index (χ4n) is 0.971. The second-order valence-electron chi connectivity index (χ2n) is 3.36. The fraction of sp³-hybridized carbons (Fsp3) is 0.714. The first-order valence-corrected chi connectivity index (χ1v) is 4.26. The van der Waals surface area contributed by atoms with E-state index in [-0.39, 0.29) is 13.2 Å². The quantitative estimate of drug-likeness (QED) is 0.474. The number of primary amides is 1. The third-order valence-electron chi connectivity index (χ3n) is 1.57. The molecule has 0 aromatic carbocycles. The largest absolute Gasteiger partial charge is 0.368 e. The minimum absolute atomic E-state index is 0.123. The number of carbonyl (C=O) groups excluding carboxylic acids is 2. The summed E-state index contributed by atoms with van der Waals surface area (Å²) < 4.78 is 0. The number of hydrogen-bond donors (Lipinski definition) is 3. The van der Waals surface area contributed by atoms with Gasteiger partial charge in [-0.05, 0) is 12.3 Å². The van der Waals surface area contributed by atoms with Crippen LogP contribution in [0.1, 0.15) is 20.3 Å². The van der Waals surface area contributed by atoms with Crippen molar-refractivity contribution in [3.05, 3.63) is 0 Å². The normalized spacial score (nSPS) is 12.3. The Bertz CT molecular complexity index is 196. The van der Waals surface area contributed by atoms with Gasteiger partial charge in [0.15, 0.2) is 5.81 Å². The van der Waals surface area contributed by atoms with E-state index in [4.69, 9.17) is 11.4 Å². The van der Waals surface area contributed by atoms with Crippen LogP contribution in [0.3, 0.4) is 0 Å². The fourth-order valence-corrected chi connectivity index (χ4v) is 0.971. The van der Waals surface area contributed by atoms with E-state index >= 15 is 0 Å². The Kier molecular flexibility index (Phi) is 5.14. The smallest absolute Gasteiger partial charge is 0.308 e. The molecule has 74 valence electrons. The lowest BCUT2D eigenvalue weighted by atomic mass is 9.94. The molecule has 1 atom stereocenters. The topological polar surface area (TPSA) is 98.2 Å². The number of rotatable bonds is 5. The summed E-state index contributed by atoms with van der Waals surface area (Å²) in [5.41, 5.74) is 10.2. The summed E-state index contributed by atoms with van der Waals surface area (Å²) >= 11 is 0. The maximum atomic E-state index is 10.9. The number of nitrogens with one attached hydrogen (secondary N) is 1. The summed E-state index contributed by atoms with van der Waals surface area (Å²) in [6.07, 6.45) is 0.543. The summed E-state index contributed by atoms with van der Waals surface area (Å²) in [5.74, 6) is -0.574. The van der Waals surface area contributed by atoms with E-state index in [9.17, 15) is 9.59 Å². The Morgan fingerprint density at radius 3 is 2.31 bits per heavy atom. The standard InChI is InChI=1S/C7H16BN3O2/c1-4(2)3-5(6(9)12)11-7(13)8-10/h4-5,8H,3,10H2,1-2H3,(H2,9,12)(H,11,13)/t5-/m0/s1. The van der Waals surface area contributed by atoms with Gasteiger partial charge in [-0.1, -0.05) is 13.8 Å². The van der Waals surface area contributed by atoms with Gasteiger partial charge in [-0.3, -0.25) is 9.59 Å². The van der Waals surface area contributed by atoms with E-state index < -0.39 is 11.9 Å². The van der Waals surface area contributed by atoms with Gasteiger partial charge in [-0.15, -0.1) is 0 Å². The third kappa shape index (κ3) is 5.24. The summed E-state index contributed by atoms with van der Waals surface area (Å²) in [5, 5.41) is 2.46. The van der Waals surface area contributed by atoms with Gasteiger partial charge in [-0.25, -0.2) is 0 Å². The number of carbonyl (C=O) groups is 2. The molecule has 13 heavy (non-hydrogen) atoms. The van der Waals surface area contributed by atoms with Crippen LogP contribution >= 0.6 is 0 Å². The molecule has 0 aliphatic carbocycles. The van der Waals surface area contributed by atoms with E-state index in [1.54, 1.807) is 0 Å². The first-order chi connectivity index (χ1) is 5.97. The molecule has 0 fully saturated rings. The first kappa shape index (κ1) is 12.0. The lowest BCUT2D eigenvalue weighted by Crippen LogP contribution is -2.47. The number of hydrogen-bond acceptors (Lipinski definition) is 3. The second kappa shape index (κ2) is 5.58. The Hall–Kier alpha value is -1.04. The van der Waals surface area contributed by atoms with Crippen LogP contribution in [0.4, 0.5) is 4.79 Å². The molecular weight excluding hydrogens is 169 g/mol. The van der Waals surface area contributed by atoms with E-state index in [0.717, 1.165) is 0 Å². The van der Waals surface area contributed by atoms with E-state index in [1.807, 2.05) is 13.8 Å². The molecule has 5 N–H and O–H groups in total. The Balaban J connectivity index is 4.10. The van der Waals surface area contributed by atoms with Gasteiger partial charge in [0, 0.05) is 0 Å². The molecule has 0 saturated heterocycles. The summed E-state index contributed by atoms with van der Waals surface area (Å²) in [6, 6.07) is -0.601. The van der Waals surface area contributed by atoms with Crippen LogP contribution < -0.4 is 16.7 Å². The van der Waals surface area contributed by atoms with Gasteiger partial charge in [-0.2, -0.15) is 0 Å². The second-order valence-corrected chi connectivity index (χ2v) is 3.36. The maximum Gasteiger partial charge on any atom is 0.308 e. The minimum atomic E-state index is -0.601. The van der Waals surface area contributed by atoms with Crippen molar-refractivity contribution in [1.82, 2.24) is 5.32 Å². The molecule has 5 nitrogen and oxygen atoms in total. The molecule has 6 heteroatoms. The van der Waals surface area contributed by atoms with Crippen molar-refractivity contribution in [2.24, 2.45) is 17.3 Å². The Morgan fingerprint density at radius 2 is 2.00 bits per heavy atom. The zero-order chi connectivity index (χ0) is 10.4. The Morgan fingerprint density at radius 1 is 1.46 bits per heavy atom. The lowest BCUT2D eigenvalue weighted by Gasteiger charge is -2.16. The van der Waals surface area contributed by atoms with Crippen molar-refractivity contribution >= 4 is 19.1 Å². The molecule has 0 bridgehead atoms. The average molecular weight is 185 g/mol. The van der Waals surface area contributed by atoms with Crippen LogP contribution in [0.2, 0.25) is 0 Å². The molecule has 0 saturated carbocycles. The van der Waals surface area contributed by atoms with Crippen LogP contribution in [-0.4, -0.2) is 25.2 Å². The highest BCUT2D eigenvalue weighted by Gasteiger charge is 2.18. The van der Waals surface area contributed by atoms with Crippen molar-refractivity contribution in [2.75, 3.05) is 0 Å². The van der Waals surface area contributed by atoms with Crippen molar-refractivity contribution in [2.45, 2.75) is 26.3 Å². The number of nitrogens with two attached hydrogens (primary N) is 2. The average Bonchev–Trinajstić information content (AvgIpc) is 2.02. The van der Waals surface area contributed by atoms with Gasteiger partial charge in [0.25, 0.3) is 0 Å². The van der Waals surface area contributed by atoms with Gasteiger partial charge < -0.3 is 16.7 Å². The highest BCUT2D eigenvalue weighted by Crippen LogP contribution is 2.03. The van der Waals surface area contributed by atoms with Crippen molar-refractivity contribution in [3.63, 3.8) is 0 Å². The number of amides is 2. The molecule has 0 aliphatic heterocycles. The highest BCUT2D eigenvalue weighted by molar-refractivity contribution is 6.70. The molecule has 0 spiro atoms. The van der Waals surface area contributed by atoms with Crippen LogP contribution in [0.5, 0.6) is 0 Å². The van der Waals surface area contributed by atoms with Gasteiger partial charge in [0.2, 0.25) is 5.91 Å².